The van der Waals surface area contributed by atoms with Crippen LogP contribution >= 0.6 is 0 Å². The predicted octanol–water partition coefficient (Wildman–Crippen LogP) is -0.0267. The van der Waals surface area contributed by atoms with Gasteiger partial charge in [-0.1, -0.05) is 0 Å². The number of hydrogen-bond acceptors (Lipinski definition) is 4. The average molecular weight is 231 g/mol. The molecule has 0 aliphatic rings. The molecule has 0 aromatic carbocycles. The average Bonchev–Trinajstić information content (AvgIpc) is 2.64. The van der Waals surface area contributed by atoms with Gasteiger partial charge in [0.1, 0.15) is 5.82 Å². The van der Waals surface area contributed by atoms with Gasteiger partial charge in [-0.3, -0.25) is 0 Å². The van der Waals surface area contributed by atoms with Gasteiger partial charge in [0.25, 0.3) is 0 Å². The van der Waals surface area contributed by atoms with E-state index in [1.54, 1.807) is 26.4 Å². The van der Waals surface area contributed by atoms with E-state index in [9.17, 15) is 8.42 Å². The zero-order chi connectivity index (χ0) is 11.5. The first-order chi connectivity index (χ1) is 6.95. The van der Waals surface area contributed by atoms with E-state index in [-0.39, 0.29) is 6.04 Å². The largest absolute Gasteiger partial charge is 0.349 e. The van der Waals surface area contributed by atoms with Crippen molar-refractivity contribution in [3.63, 3.8) is 0 Å². The van der Waals surface area contributed by atoms with Crippen molar-refractivity contribution in [2.75, 3.05) is 13.3 Å². The third kappa shape index (κ3) is 3.32. The van der Waals surface area contributed by atoms with Crippen LogP contribution in [-0.4, -0.2) is 43.0 Å². The van der Waals surface area contributed by atoms with Crippen molar-refractivity contribution in [2.24, 2.45) is 0 Å². The molecule has 2 N–H and O–H groups in total. The fraction of sp³-hybridized carbons (Fsp3) is 0.667. The lowest BCUT2D eigenvalue weighted by Gasteiger charge is -2.21. The van der Waals surface area contributed by atoms with Crippen LogP contribution in [0, 0.1) is 0 Å². The highest BCUT2D eigenvalue weighted by atomic mass is 32.2. The number of hydrogen-bond donors (Lipinski definition) is 2. The molecule has 0 saturated heterocycles. The van der Waals surface area contributed by atoms with Crippen molar-refractivity contribution in [1.82, 2.24) is 15.3 Å². The van der Waals surface area contributed by atoms with Gasteiger partial charge in [-0.05, 0) is 14.0 Å². The van der Waals surface area contributed by atoms with Gasteiger partial charge >= 0.3 is 0 Å². The molecule has 86 valence electrons. The SMILES string of the molecule is CNC(Cc1ncc[nH]1)C(C)S(C)(=O)=O. The second kappa shape index (κ2) is 4.76. The number of aromatic amines is 1. The highest BCUT2D eigenvalue weighted by Crippen LogP contribution is 2.08. The summed E-state index contributed by atoms with van der Waals surface area (Å²) in [5.41, 5.74) is 0. The summed E-state index contributed by atoms with van der Waals surface area (Å²) >= 11 is 0. The Morgan fingerprint density at radius 2 is 2.27 bits per heavy atom. The van der Waals surface area contributed by atoms with Crippen molar-refractivity contribution in [2.45, 2.75) is 24.6 Å². The quantitative estimate of drug-likeness (QED) is 0.746. The maximum Gasteiger partial charge on any atom is 0.151 e. The number of sulfone groups is 1. The van der Waals surface area contributed by atoms with E-state index in [4.69, 9.17) is 0 Å². The van der Waals surface area contributed by atoms with Crippen LogP contribution in [0.5, 0.6) is 0 Å². The second-order valence-electron chi connectivity index (χ2n) is 3.67. The molecule has 6 heteroatoms. The summed E-state index contributed by atoms with van der Waals surface area (Å²) in [4.78, 5) is 7.04. The molecule has 2 unspecified atom stereocenters. The maximum atomic E-state index is 11.4. The van der Waals surface area contributed by atoms with E-state index in [1.165, 1.54) is 6.26 Å². The maximum absolute atomic E-state index is 11.4. The number of aromatic nitrogens is 2. The van der Waals surface area contributed by atoms with E-state index < -0.39 is 15.1 Å². The lowest BCUT2D eigenvalue weighted by Crippen LogP contribution is -2.42. The Kier molecular flexibility index (Phi) is 3.87. The smallest absolute Gasteiger partial charge is 0.151 e. The van der Waals surface area contributed by atoms with Crippen LogP contribution in [0.4, 0.5) is 0 Å². The fourth-order valence-corrected chi connectivity index (χ4v) is 2.25. The Bertz CT molecular complexity index is 385. The number of nitrogens with zero attached hydrogens (tertiary/aromatic N) is 1. The molecule has 5 nitrogen and oxygen atoms in total. The van der Waals surface area contributed by atoms with Crippen molar-refractivity contribution in [3.8, 4) is 0 Å². The second-order valence-corrected chi connectivity index (χ2v) is 6.07. The van der Waals surface area contributed by atoms with Gasteiger partial charge in [-0.15, -0.1) is 0 Å². The number of likely N-dealkylation sites (N-methyl/N-ethyl adjacent to an activating group) is 1. The van der Waals surface area contributed by atoms with Gasteiger partial charge in [0.05, 0.1) is 5.25 Å². The van der Waals surface area contributed by atoms with E-state index in [2.05, 4.69) is 15.3 Å². The lowest BCUT2D eigenvalue weighted by molar-refractivity contribution is 0.509. The summed E-state index contributed by atoms with van der Waals surface area (Å²) in [6.07, 6.45) is 5.22. The summed E-state index contributed by atoms with van der Waals surface area (Å²) in [7, 11) is -1.26. The highest BCUT2D eigenvalue weighted by molar-refractivity contribution is 7.91. The van der Waals surface area contributed by atoms with Crippen LogP contribution < -0.4 is 5.32 Å². The van der Waals surface area contributed by atoms with Crippen LogP contribution in [0.2, 0.25) is 0 Å². The number of imidazole rings is 1. The van der Waals surface area contributed by atoms with E-state index >= 15 is 0 Å². The standard InChI is InChI=1S/C9H17N3O2S/c1-7(15(3,13)14)8(10-2)6-9-11-4-5-12-9/h4-5,7-8,10H,6H2,1-3H3,(H,11,12). The van der Waals surface area contributed by atoms with Gasteiger partial charge < -0.3 is 10.3 Å². The molecule has 0 spiro atoms. The van der Waals surface area contributed by atoms with Gasteiger partial charge in [0.2, 0.25) is 0 Å². The third-order valence-corrected chi connectivity index (χ3v) is 4.26. The normalized spacial score (nSPS) is 16.2. The van der Waals surface area contributed by atoms with Crippen LogP contribution in [-0.2, 0) is 16.3 Å². The fourth-order valence-electron chi connectivity index (χ4n) is 1.42. The zero-order valence-electron chi connectivity index (χ0n) is 9.19. The summed E-state index contributed by atoms with van der Waals surface area (Å²) < 4.78 is 22.8. The molecule has 1 aromatic rings. The van der Waals surface area contributed by atoms with Gasteiger partial charge in [0, 0.05) is 31.1 Å². The number of rotatable bonds is 5. The van der Waals surface area contributed by atoms with Crippen LogP contribution in [0.1, 0.15) is 12.7 Å². The molecule has 0 amide bonds. The summed E-state index contributed by atoms with van der Waals surface area (Å²) in [6.45, 7) is 1.71. The first kappa shape index (κ1) is 12.2. The Hall–Kier alpha value is -0.880. The molecule has 1 heterocycles. The van der Waals surface area contributed by atoms with Gasteiger partial charge in [-0.25, -0.2) is 13.4 Å². The summed E-state index contributed by atoms with van der Waals surface area (Å²) in [5.74, 6) is 0.796. The molecular formula is C9H17N3O2S. The molecular weight excluding hydrogens is 214 g/mol. The molecule has 1 aromatic heterocycles. The predicted molar refractivity (Wildman–Crippen MR) is 59.4 cm³/mol. The molecule has 15 heavy (non-hydrogen) atoms. The molecule has 0 aliphatic carbocycles. The van der Waals surface area contributed by atoms with Crippen LogP contribution in [0.25, 0.3) is 0 Å². The van der Waals surface area contributed by atoms with Crippen LogP contribution in [0.3, 0.4) is 0 Å². The molecule has 0 radical (unpaired) electrons. The highest BCUT2D eigenvalue weighted by Gasteiger charge is 2.25. The monoisotopic (exact) mass is 231 g/mol. The lowest BCUT2D eigenvalue weighted by atomic mass is 10.1. The minimum atomic E-state index is -3.02. The van der Waals surface area contributed by atoms with E-state index in [1.807, 2.05) is 0 Å². The molecule has 0 fully saturated rings. The van der Waals surface area contributed by atoms with Crippen molar-refractivity contribution in [1.29, 1.82) is 0 Å². The first-order valence-electron chi connectivity index (χ1n) is 4.79. The van der Waals surface area contributed by atoms with E-state index in [0.29, 0.717) is 6.42 Å². The Morgan fingerprint density at radius 3 is 2.67 bits per heavy atom. The van der Waals surface area contributed by atoms with E-state index in [0.717, 1.165) is 5.82 Å². The number of H-pyrrole nitrogens is 1. The minimum Gasteiger partial charge on any atom is -0.349 e. The Balaban J connectivity index is 2.73. The summed E-state index contributed by atoms with van der Waals surface area (Å²) in [5, 5.41) is 2.58. The molecule has 2 atom stereocenters. The number of nitrogens with one attached hydrogen (secondary N) is 2. The Labute approximate surface area is 90.2 Å². The Morgan fingerprint density at radius 1 is 1.60 bits per heavy atom. The van der Waals surface area contributed by atoms with Crippen molar-refractivity contribution < 1.29 is 8.42 Å². The minimum absolute atomic E-state index is 0.119. The van der Waals surface area contributed by atoms with Gasteiger partial charge in [0.15, 0.2) is 9.84 Å². The molecule has 0 aliphatic heterocycles. The van der Waals surface area contributed by atoms with Gasteiger partial charge in [-0.2, -0.15) is 0 Å². The van der Waals surface area contributed by atoms with Crippen molar-refractivity contribution in [3.05, 3.63) is 18.2 Å². The van der Waals surface area contributed by atoms with Crippen molar-refractivity contribution >= 4 is 9.84 Å². The topological polar surface area (TPSA) is 74.8 Å². The molecule has 0 bridgehead atoms. The zero-order valence-corrected chi connectivity index (χ0v) is 10.0. The van der Waals surface area contributed by atoms with Crippen LogP contribution in [0.15, 0.2) is 12.4 Å². The molecule has 0 saturated carbocycles. The molecule has 1 rings (SSSR count). The summed E-state index contributed by atoms with van der Waals surface area (Å²) in [6, 6.07) is -0.119. The third-order valence-electron chi connectivity index (χ3n) is 2.58. The first-order valence-corrected chi connectivity index (χ1v) is 6.75.